The van der Waals surface area contributed by atoms with Crippen LogP contribution in [-0.4, -0.2) is 45.7 Å². The van der Waals surface area contributed by atoms with Gasteiger partial charge in [0.15, 0.2) is 5.11 Å². The third-order valence-corrected chi connectivity index (χ3v) is 5.25. The Morgan fingerprint density at radius 1 is 1.38 bits per heavy atom. The number of amides is 1. The minimum atomic E-state index is -0.347. The van der Waals surface area contributed by atoms with Gasteiger partial charge in [0.05, 0.1) is 18.4 Å². The molecule has 9 heteroatoms. The Labute approximate surface area is 173 Å². The molecule has 3 atom stereocenters. The monoisotopic (exact) mass is 415 g/mol. The van der Waals surface area contributed by atoms with Gasteiger partial charge in [-0.2, -0.15) is 0 Å². The number of thiocarbonyl (C=S) groups is 1. The van der Waals surface area contributed by atoms with Gasteiger partial charge in [0.25, 0.3) is 0 Å². The van der Waals surface area contributed by atoms with Gasteiger partial charge in [-0.25, -0.2) is 4.39 Å². The highest BCUT2D eigenvalue weighted by Gasteiger charge is 2.28. The molecule has 7 nitrogen and oxygen atoms in total. The van der Waals surface area contributed by atoms with Crippen LogP contribution in [-0.2, 0) is 11.2 Å². The fourth-order valence-corrected chi connectivity index (χ4v) is 4.16. The Morgan fingerprint density at radius 2 is 2.24 bits per heavy atom. The van der Waals surface area contributed by atoms with Crippen molar-refractivity contribution < 1.29 is 13.9 Å². The van der Waals surface area contributed by atoms with Crippen LogP contribution in [0.2, 0.25) is 0 Å². The van der Waals surface area contributed by atoms with Gasteiger partial charge in [0.1, 0.15) is 17.7 Å². The molecular weight excluding hydrogens is 393 g/mol. The molecule has 1 aromatic carbocycles. The quantitative estimate of drug-likeness (QED) is 0.641. The first-order valence-electron chi connectivity index (χ1n) is 9.57. The smallest absolute Gasteiger partial charge is 0.222 e. The molecule has 1 amide bonds. The van der Waals surface area contributed by atoms with Gasteiger partial charge in [-0.3, -0.25) is 14.8 Å². The van der Waals surface area contributed by atoms with Gasteiger partial charge < -0.3 is 20.7 Å². The molecular formula is C20H22FN5O2S. The summed E-state index contributed by atoms with van der Waals surface area (Å²) in [5, 5.41) is 9.75. The number of nitrogens with zero attached hydrogens (tertiary/aromatic N) is 2. The van der Waals surface area contributed by atoms with Gasteiger partial charge >= 0.3 is 0 Å². The van der Waals surface area contributed by atoms with Crippen molar-refractivity contribution in [2.45, 2.75) is 44.4 Å². The van der Waals surface area contributed by atoms with E-state index in [9.17, 15) is 9.18 Å². The molecule has 0 spiro atoms. The summed E-state index contributed by atoms with van der Waals surface area (Å²) < 4.78 is 20.1. The number of hydrogen-bond donors (Lipinski definition) is 3. The van der Waals surface area contributed by atoms with Crippen molar-refractivity contribution in [3.63, 3.8) is 0 Å². The average Bonchev–Trinajstić information content (AvgIpc) is 3.08. The van der Waals surface area contributed by atoms with Crippen molar-refractivity contribution in [2.24, 2.45) is 0 Å². The third kappa shape index (κ3) is 4.61. The standard InChI is InChI=1S/C20H22FN5O2S/c1-11-4-14(26-20(29)25-11)8-18(27)24-9-15-6-12-5-13(21)7-16(19(12)28-15)17-10-22-2-3-23-17/h2-3,5,7,10-11,14-15H,4,6,8-9H2,1H3,(H,24,27)(H2,25,26,29)/t11-,14+,15?/m1/s1. The largest absolute Gasteiger partial charge is 0.487 e. The Hall–Kier alpha value is -2.81. The minimum Gasteiger partial charge on any atom is -0.487 e. The van der Waals surface area contributed by atoms with Crippen LogP contribution in [0.3, 0.4) is 0 Å². The lowest BCUT2D eigenvalue weighted by molar-refractivity contribution is -0.121. The number of carbonyl (C=O) groups excluding carboxylic acids is 1. The first kappa shape index (κ1) is 19.5. The molecule has 1 saturated heterocycles. The summed E-state index contributed by atoms with van der Waals surface area (Å²) >= 11 is 5.15. The Kier molecular flexibility index (Phi) is 5.57. The molecule has 1 fully saturated rings. The summed E-state index contributed by atoms with van der Waals surface area (Å²) in [7, 11) is 0. The third-order valence-electron chi connectivity index (χ3n) is 5.01. The number of rotatable bonds is 5. The zero-order chi connectivity index (χ0) is 20.4. The maximum atomic E-state index is 14.1. The van der Waals surface area contributed by atoms with E-state index in [1.165, 1.54) is 12.1 Å². The molecule has 3 N–H and O–H groups in total. The first-order valence-corrected chi connectivity index (χ1v) is 9.98. The van der Waals surface area contributed by atoms with Gasteiger partial charge in [-0.1, -0.05) is 0 Å². The lowest BCUT2D eigenvalue weighted by Crippen LogP contribution is -2.54. The maximum Gasteiger partial charge on any atom is 0.222 e. The van der Waals surface area contributed by atoms with Gasteiger partial charge in [0.2, 0.25) is 5.91 Å². The number of hydrogen-bond acceptors (Lipinski definition) is 5. The fourth-order valence-electron chi connectivity index (χ4n) is 3.79. The predicted octanol–water partition coefficient (Wildman–Crippen LogP) is 1.72. The van der Waals surface area contributed by atoms with Crippen LogP contribution in [0.15, 0.2) is 30.7 Å². The van der Waals surface area contributed by atoms with E-state index in [-0.39, 0.29) is 29.9 Å². The fraction of sp³-hybridized carbons (Fsp3) is 0.400. The summed E-state index contributed by atoms with van der Waals surface area (Å²) in [4.78, 5) is 20.6. The summed E-state index contributed by atoms with van der Waals surface area (Å²) in [6.07, 6.45) is 6.11. The summed E-state index contributed by atoms with van der Waals surface area (Å²) in [5.41, 5.74) is 1.89. The molecule has 4 rings (SSSR count). The van der Waals surface area contributed by atoms with Crippen LogP contribution in [0.25, 0.3) is 11.3 Å². The highest BCUT2D eigenvalue weighted by atomic mass is 32.1. The molecule has 0 aliphatic carbocycles. The lowest BCUT2D eigenvalue weighted by Gasteiger charge is -2.30. The van der Waals surface area contributed by atoms with Gasteiger partial charge in [-0.05, 0) is 37.7 Å². The second-order valence-electron chi connectivity index (χ2n) is 7.44. The van der Waals surface area contributed by atoms with Crippen molar-refractivity contribution in [1.29, 1.82) is 0 Å². The van der Waals surface area contributed by atoms with Crippen LogP contribution in [0, 0.1) is 5.82 Å². The molecule has 0 saturated carbocycles. The Bertz CT molecular complexity index is 927. The van der Waals surface area contributed by atoms with E-state index in [0.717, 1.165) is 12.0 Å². The van der Waals surface area contributed by atoms with Crippen molar-refractivity contribution in [3.8, 4) is 17.0 Å². The SMILES string of the molecule is C[C@@H]1C[C@@H](CC(=O)NCC2Cc3cc(F)cc(-c4cnccn4)c3O2)NC(=S)N1. The van der Waals surface area contributed by atoms with Crippen LogP contribution < -0.4 is 20.7 Å². The predicted molar refractivity (Wildman–Crippen MR) is 110 cm³/mol. The molecule has 0 bridgehead atoms. The van der Waals surface area contributed by atoms with E-state index in [4.69, 9.17) is 17.0 Å². The number of halogens is 1. The maximum absolute atomic E-state index is 14.1. The summed E-state index contributed by atoms with van der Waals surface area (Å²) in [5.74, 6) is 0.185. The molecule has 2 aromatic rings. The summed E-state index contributed by atoms with van der Waals surface area (Å²) in [6.45, 7) is 2.38. The number of aromatic nitrogens is 2. The second-order valence-corrected chi connectivity index (χ2v) is 7.84. The molecule has 29 heavy (non-hydrogen) atoms. The first-order chi connectivity index (χ1) is 14.0. The van der Waals surface area contributed by atoms with Crippen LogP contribution in [0.1, 0.15) is 25.3 Å². The number of nitrogens with one attached hydrogen (secondary N) is 3. The highest BCUT2D eigenvalue weighted by molar-refractivity contribution is 7.80. The van der Waals surface area contributed by atoms with Crippen molar-refractivity contribution in [2.75, 3.05) is 6.54 Å². The lowest BCUT2D eigenvalue weighted by atomic mass is 10.0. The molecule has 2 aliphatic rings. The zero-order valence-corrected chi connectivity index (χ0v) is 16.8. The molecule has 3 heterocycles. The van der Waals surface area contributed by atoms with Crippen molar-refractivity contribution >= 4 is 23.2 Å². The molecule has 152 valence electrons. The van der Waals surface area contributed by atoms with E-state index in [1.807, 2.05) is 6.92 Å². The van der Waals surface area contributed by atoms with Gasteiger partial charge in [-0.15, -0.1) is 0 Å². The molecule has 1 aromatic heterocycles. The highest BCUT2D eigenvalue weighted by Crippen LogP contribution is 2.38. The Morgan fingerprint density at radius 3 is 3.00 bits per heavy atom. The number of ether oxygens (including phenoxy) is 1. The molecule has 1 unspecified atom stereocenters. The van der Waals surface area contributed by atoms with E-state index in [1.54, 1.807) is 18.6 Å². The number of benzene rings is 1. The normalized spacial score (nSPS) is 22.8. The summed E-state index contributed by atoms with van der Waals surface area (Å²) in [6, 6.07) is 3.12. The number of fused-ring (bicyclic) bond motifs is 1. The van der Waals surface area contributed by atoms with Crippen molar-refractivity contribution in [1.82, 2.24) is 25.9 Å². The van der Waals surface area contributed by atoms with Crippen molar-refractivity contribution in [3.05, 3.63) is 42.1 Å². The topological polar surface area (TPSA) is 88.2 Å². The second kappa shape index (κ2) is 8.28. The van der Waals surface area contributed by atoms with E-state index < -0.39 is 0 Å². The Balaban J connectivity index is 1.36. The van der Waals surface area contributed by atoms with Crippen LogP contribution in [0.5, 0.6) is 5.75 Å². The van der Waals surface area contributed by atoms with E-state index in [0.29, 0.717) is 41.5 Å². The molecule has 2 aliphatic heterocycles. The zero-order valence-electron chi connectivity index (χ0n) is 15.9. The van der Waals surface area contributed by atoms with E-state index in [2.05, 4.69) is 25.9 Å². The van der Waals surface area contributed by atoms with Crippen LogP contribution >= 0.6 is 12.2 Å². The number of carbonyl (C=O) groups is 1. The van der Waals surface area contributed by atoms with Crippen LogP contribution in [0.4, 0.5) is 4.39 Å². The molecule has 0 radical (unpaired) electrons. The average molecular weight is 415 g/mol. The minimum absolute atomic E-state index is 0.0118. The van der Waals surface area contributed by atoms with Gasteiger partial charge in [0, 0.05) is 48.4 Å². The van der Waals surface area contributed by atoms with E-state index >= 15 is 0 Å².